The molecular weight excluding hydrogens is 164 g/mol. The molecule has 3 nitrogen and oxygen atoms in total. The van der Waals surface area contributed by atoms with Gasteiger partial charge in [0.25, 0.3) is 0 Å². The van der Waals surface area contributed by atoms with Crippen LogP contribution in [0.4, 0.5) is 0 Å². The first-order valence-electron chi connectivity index (χ1n) is 4.21. The molecule has 0 spiro atoms. The number of aromatic nitrogens is 1. The van der Waals surface area contributed by atoms with Crippen LogP contribution in [0.25, 0.3) is 0 Å². The van der Waals surface area contributed by atoms with E-state index in [1.54, 1.807) is 25.2 Å². The summed E-state index contributed by atoms with van der Waals surface area (Å²) in [6.07, 6.45) is 2.18. The molecule has 13 heavy (non-hydrogen) atoms. The molecule has 0 atom stereocenters. The van der Waals surface area contributed by atoms with Crippen molar-refractivity contribution in [3.63, 3.8) is 0 Å². The summed E-state index contributed by atoms with van der Waals surface area (Å²) in [7, 11) is 3.51. The highest BCUT2D eigenvalue weighted by Crippen LogP contribution is 2.01. The van der Waals surface area contributed by atoms with Gasteiger partial charge in [0.1, 0.15) is 0 Å². The lowest BCUT2D eigenvalue weighted by Gasteiger charge is -2.09. The molecule has 0 N–H and O–H groups in total. The van der Waals surface area contributed by atoms with E-state index in [1.807, 2.05) is 19.1 Å². The van der Waals surface area contributed by atoms with E-state index in [-0.39, 0.29) is 5.91 Å². The van der Waals surface area contributed by atoms with Crippen molar-refractivity contribution in [2.24, 2.45) is 0 Å². The van der Waals surface area contributed by atoms with Gasteiger partial charge in [0, 0.05) is 26.0 Å². The van der Waals surface area contributed by atoms with Crippen LogP contribution in [-0.2, 0) is 11.2 Å². The van der Waals surface area contributed by atoms with Crippen molar-refractivity contribution < 1.29 is 4.79 Å². The van der Waals surface area contributed by atoms with E-state index in [4.69, 9.17) is 0 Å². The third-order valence-electron chi connectivity index (χ3n) is 1.83. The fourth-order valence-electron chi connectivity index (χ4n) is 0.936. The monoisotopic (exact) mass is 178 g/mol. The number of aryl methyl sites for hydroxylation is 1. The van der Waals surface area contributed by atoms with Gasteiger partial charge < -0.3 is 4.90 Å². The van der Waals surface area contributed by atoms with Gasteiger partial charge >= 0.3 is 0 Å². The lowest BCUT2D eigenvalue weighted by atomic mass is 10.2. The molecule has 0 aliphatic heterocycles. The summed E-state index contributed by atoms with van der Waals surface area (Å²) in [5.74, 6) is 0.102. The number of rotatable bonds is 2. The molecule has 1 rings (SSSR count). The van der Waals surface area contributed by atoms with E-state index in [9.17, 15) is 4.79 Å². The Balaban J connectivity index is 2.65. The van der Waals surface area contributed by atoms with Crippen LogP contribution >= 0.6 is 0 Å². The van der Waals surface area contributed by atoms with Gasteiger partial charge in [-0.1, -0.05) is 6.07 Å². The molecule has 3 heteroatoms. The maximum Gasteiger partial charge on any atom is 0.226 e. The average Bonchev–Trinajstić information content (AvgIpc) is 2.08. The van der Waals surface area contributed by atoms with Gasteiger partial charge in [-0.25, -0.2) is 0 Å². The van der Waals surface area contributed by atoms with Crippen molar-refractivity contribution in [1.82, 2.24) is 9.88 Å². The van der Waals surface area contributed by atoms with Crippen LogP contribution in [0.5, 0.6) is 0 Å². The van der Waals surface area contributed by atoms with Gasteiger partial charge in [-0.2, -0.15) is 0 Å². The van der Waals surface area contributed by atoms with E-state index in [0.29, 0.717) is 6.42 Å². The second kappa shape index (κ2) is 4.03. The zero-order valence-electron chi connectivity index (χ0n) is 8.24. The van der Waals surface area contributed by atoms with Gasteiger partial charge in [0.2, 0.25) is 5.91 Å². The van der Waals surface area contributed by atoms with Crippen molar-refractivity contribution in [2.75, 3.05) is 14.1 Å². The summed E-state index contributed by atoms with van der Waals surface area (Å²) in [5, 5.41) is 0. The fourth-order valence-corrected chi connectivity index (χ4v) is 0.936. The van der Waals surface area contributed by atoms with Crippen LogP contribution in [0, 0.1) is 6.92 Å². The number of pyridine rings is 1. The Morgan fingerprint density at radius 2 is 2.15 bits per heavy atom. The molecule has 0 saturated heterocycles. The Hall–Kier alpha value is -1.38. The van der Waals surface area contributed by atoms with Crippen molar-refractivity contribution in [1.29, 1.82) is 0 Å². The molecule has 0 aliphatic carbocycles. The van der Waals surface area contributed by atoms with Gasteiger partial charge in [0.05, 0.1) is 6.42 Å². The summed E-state index contributed by atoms with van der Waals surface area (Å²) in [6.45, 7) is 1.93. The standard InChI is InChI=1S/C10H14N2O/c1-8-4-5-9(7-11-8)6-10(13)12(2)3/h4-5,7H,6H2,1-3H3. The minimum Gasteiger partial charge on any atom is -0.349 e. The van der Waals surface area contributed by atoms with Crippen LogP contribution in [0.1, 0.15) is 11.3 Å². The van der Waals surface area contributed by atoms with Crippen LogP contribution in [-0.4, -0.2) is 29.9 Å². The van der Waals surface area contributed by atoms with Gasteiger partial charge in [-0.05, 0) is 18.6 Å². The zero-order valence-corrected chi connectivity index (χ0v) is 8.24. The maximum atomic E-state index is 11.3. The van der Waals surface area contributed by atoms with Gasteiger partial charge in [0.15, 0.2) is 0 Å². The molecule has 0 saturated carbocycles. The zero-order chi connectivity index (χ0) is 9.84. The number of hydrogen-bond acceptors (Lipinski definition) is 2. The van der Waals surface area contributed by atoms with E-state index in [1.165, 1.54) is 0 Å². The molecule has 1 aromatic rings. The quantitative estimate of drug-likeness (QED) is 0.677. The second-order valence-corrected chi connectivity index (χ2v) is 3.27. The third-order valence-corrected chi connectivity index (χ3v) is 1.83. The molecule has 1 amide bonds. The lowest BCUT2D eigenvalue weighted by molar-refractivity contribution is -0.127. The molecule has 0 unspecified atom stereocenters. The fraction of sp³-hybridized carbons (Fsp3) is 0.400. The SMILES string of the molecule is Cc1ccc(CC(=O)N(C)C)cn1. The normalized spacial score (nSPS) is 9.77. The topological polar surface area (TPSA) is 33.2 Å². The van der Waals surface area contributed by atoms with Crippen LogP contribution in [0.15, 0.2) is 18.3 Å². The highest BCUT2D eigenvalue weighted by Gasteiger charge is 2.04. The third kappa shape index (κ3) is 2.86. The number of carbonyl (C=O) groups excluding carboxylic acids is 1. The number of likely N-dealkylation sites (N-methyl/N-ethyl adjacent to an activating group) is 1. The summed E-state index contributed by atoms with van der Waals surface area (Å²) in [5.41, 5.74) is 1.94. The van der Waals surface area contributed by atoms with Gasteiger partial charge in [-0.3, -0.25) is 9.78 Å². The molecule has 1 heterocycles. The number of amides is 1. The Labute approximate surface area is 78.4 Å². The van der Waals surface area contributed by atoms with Crippen molar-refractivity contribution in [2.45, 2.75) is 13.3 Å². The summed E-state index contributed by atoms with van der Waals surface area (Å²) < 4.78 is 0. The molecule has 0 aromatic carbocycles. The van der Waals surface area contributed by atoms with E-state index >= 15 is 0 Å². The molecular formula is C10H14N2O. The predicted molar refractivity (Wildman–Crippen MR) is 51.4 cm³/mol. The first kappa shape index (κ1) is 9.71. The van der Waals surface area contributed by atoms with Crippen molar-refractivity contribution in [3.8, 4) is 0 Å². The molecule has 1 aromatic heterocycles. The van der Waals surface area contributed by atoms with Crippen LogP contribution in [0.2, 0.25) is 0 Å². The first-order chi connectivity index (χ1) is 6.09. The van der Waals surface area contributed by atoms with Crippen LogP contribution < -0.4 is 0 Å². The Bertz CT molecular complexity index is 290. The highest BCUT2D eigenvalue weighted by atomic mass is 16.2. The predicted octanol–water partition coefficient (Wildman–Crippen LogP) is 1.02. The van der Waals surface area contributed by atoms with Crippen LogP contribution in [0.3, 0.4) is 0 Å². The van der Waals surface area contributed by atoms with E-state index < -0.39 is 0 Å². The van der Waals surface area contributed by atoms with Crippen molar-refractivity contribution >= 4 is 5.91 Å². The second-order valence-electron chi connectivity index (χ2n) is 3.27. The Kier molecular flexibility index (Phi) is 3.01. The van der Waals surface area contributed by atoms with E-state index in [0.717, 1.165) is 11.3 Å². The summed E-state index contributed by atoms with van der Waals surface area (Å²) in [6, 6.07) is 3.85. The van der Waals surface area contributed by atoms with E-state index in [2.05, 4.69) is 4.98 Å². The summed E-state index contributed by atoms with van der Waals surface area (Å²) in [4.78, 5) is 17.0. The number of hydrogen-bond donors (Lipinski definition) is 0. The molecule has 0 fully saturated rings. The molecule has 0 aliphatic rings. The Morgan fingerprint density at radius 3 is 2.62 bits per heavy atom. The Morgan fingerprint density at radius 1 is 1.46 bits per heavy atom. The van der Waals surface area contributed by atoms with Crippen molar-refractivity contribution in [3.05, 3.63) is 29.6 Å². The number of carbonyl (C=O) groups is 1. The lowest BCUT2D eigenvalue weighted by Crippen LogP contribution is -2.23. The van der Waals surface area contributed by atoms with Gasteiger partial charge in [-0.15, -0.1) is 0 Å². The highest BCUT2D eigenvalue weighted by molar-refractivity contribution is 5.78. The largest absolute Gasteiger partial charge is 0.349 e. The smallest absolute Gasteiger partial charge is 0.226 e. The average molecular weight is 178 g/mol. The molecule has 0 radical (unpaired) electrons. The minimum absolute atomic E-state index is 0.102. The molecule has 0 bridgehead atoms. The summed E-state index contributed by atoms with van der Waals surface area (Å²) >= 11 is 0. The maximum absolute atomic E-state index is 11.3. The number of nitrogens with zero attached hydrogens (tertiary/aromatic N) is 2. The minimum atomic E-state index is 0.102. The first-order valence-corrected chi connectivity index (χ1v) is 4.21. The molecule has 70 valence electrons.